The molecule has 2 atom stereocenters. The maximum atomic E-state index is 13.3. The molecule has 5 heteroatoms. The van der Waals surface area contributed by atoms with Crippen LogP contribution in [0.1, 0.15) is 61.4 Å². The van der Waals surface area contributed by atoms with E-state index in [9.17, 15) is 9.59 Å². The van der Waals surface area contributed by atoms with Gasteiger partial charge in [0.1, 0.15) is 6.04 Å². The molecule has 0 aromatic heterocycles. The van der Waals surface area contributed by atoms with Crippen LogP contribution in [0.25, 0.3) is 0 Å². The van der Waals surface area contributed by atoms with E-state index in [-0.39, 0.29) is 23.2 Å². The summed E-state index contributed by atoms with van der Waals surface area (Å²) in [5.74, 6) is 1.21. The van der Waals surface area contributed by atoms with Crippen molar-refractivity contribution in [3.05, 3.63) is 35.4 Å². The minimum atomic E-state index is -0.354. The SMILES string of the molecule is CCCNC(=O)[C@H]1CS[C@@H](C2CCCCC2)N1C(=O)c1ccc(C)cc1. The predicted molar refractivity (Wildman–Crippen MR) is 107 cm³/mol. The van der Waals surface area contributed by atoms with Gasteiger partial charge in [-0.15, -0.1) is 11.8 Å². The molecule has 4 nitrogen and oxygen atoms in total. The van der Waals surface area contributed by atoms with Gasteiger partial charge in [0.2, 0.25) is 5.91 Å². The summed E-state index contributed by atoms with van der Waals surface area (Å²) in [6.45, 7) is 4.73. The summed E-state index contributed by atoms with van der Waals surface area (Å²) in [6.07, 6.45) is 7.00. The fourth-order valence-electron chi connectivity index (χ4n) is 3.98. The van der Waals surface area contributed by atoms with Crippen LogP contribution in [-0.4, -0.2) is 40.4 Å². The van der Waals surface area contributed by atoms with Crippen molar-refractivity contribution in [3.8, 4) is 0 Å². The molecule has 0 unspecified atom stereocenters. The maximum absolute atomic E-state index is 13.3. The largest absolute Gasteiger partial charge is 0.354 e. The van der Waals surface area contributed by atoms with Gasteiger partial charge in [-0.2, -0.15) is 0 Å². The Hall–Kier alpha value is -1.49. The van der Waals surface area contributed by atoms with Gasteiger partial charge in [-0.25, -0.2) is 0 Å². The van der Waals surface area contributed by atoms with Crippen LogP contribution in [-0.2, 0) is 4.79 Å². The van der Waals surface area contributed by atoms with Crippen LogP contribution in [0.3, 0.4) is 0 Å². The van der Waals surface area contributed by atoms with Crippen LogP contribution in [0.2, 0.25) is 0 Å². The topological polar surface area (TPSA) is 49.4 Å². The normalized spacial score (nSPS) is 23.8. The molecule has 1 aliphatic carbocycles. The zero-order valence-corrected chi connectivity index (χ0v) is 16.7. The third-order valence-corrected chi connectivity index (χ3v) is 6.93. The quantitative estimate of drug-likeness (QED) is 0.848. The zero-order valence-electron chi connectivity index (χ0n) is 15.9. The van der Waals surface area contributed by atoms with Gasteiger partial charge < -0.3 is 10.2 Å². The molecule has 142 valence electrons. The molecule has 2 aliphatic rings. The minimum absolute atomic E-state index is 0.00174. The van der Waals surface area contributed by atoms with Crippen molar-refractivity contribution in [2.45, 2.75) is 63.8 Å². The lowest BCUT2D eigenvalue weighted by molar-refractivity contribution is -0.125. The van der Waals surface area contributed by atoms with E-state index in [0.717, 1.165) is 12.0 Å². The third kappa shape index (κ3) is 4.25. The second-order valence-corrected chi connectivity index (χ2v) is 8.66. The van der Waals surface area contributed by atoms with Gasteiger partial charge in [-0.3, -0.25) is 9.59 Å². The van der Waals surface area contributed by atoms with E-state index < -0.39 is 0 Å². The van der Waals surface area contributed by atoms with E-state index in [1.807, 2.05) is 43.0 Å². The number of benzene rings is 1. The van der Waals surface area contributed by atoms with Crippen LogP contribution in [0.4, 0.5) is 0 Å². The number of amides is 2. The van der Waals surface area contributed by atoms with Crippen LogP contribution in [0.5, 0.6) is 0 Å². The highest BCUT2D eigenvalue weighted by molar-refractivity contribution is 8.00. The van der Waals surface area contributed by atoms with Crippen molar-refractivity contribution in [2.24, 2.45) is 5.92 Å². The van der Waals surface area contributed by atoms with E-state index in [1.165, 1.54) is 32.1 Å². The van der Waals surface area contributed by atoms with E-state index in [2.05, 4.69) is 5.32 Å². The molecule has 2 amide bonds. The number of thioether (sulfide) groups is 1. The van der Waals surface area contributed by atoms with Crippen LogP contribution in [0.15, 0.2) is 24.3 Å². The molecule has 26 heavy (non-hydrogen) atoms. The van der Waals surface area contributed by atoms with Gasteiger partial charge in [0.05, 0.1) is 5.37 Å². The Morgan fingerprint density at radius 2 is 1.85 bits per heavy atom. The van der Waals surface area contributed by atoms with E-state index in [0.29, 0.717) is 23.8 Å². The number of nitrogens with zero attached hydrogens (tertiary/aromatic N) is 1. The van der Waals surface area contributed by atoms with E-state index in [4.69, 9.17) is 0 Å². The molecular weight excluding hydrogens is 344 g/mol. The summed E-state index contributed by atoms with van der Waals surface area (Å²) in [4.78, 5) is 27.9. The summed E-state index contributed by atoms with van der Waals surface area (Å²) < 4.78 is 0. The van der Waals surface area contributed by atoms with Gasteiger partial charge in [0.25, 0.3) is 5.91 Å². The maximum Gasteiger partial charge on any atom is 0.255 e. The van der Waals surface area contributed by atoms with E-state index >= 15 is 0 Å². The molecular formula is C21H30N2O2S. The molecule has 1 aromatic rings. The van der Waals surface area contributed by atoms with Crippen molar-refractivity contribution >= 4 is 23.6 Å². The smallest absolute Gasteiger partial charge is 0.255 e. The number of aryl methyl sites for hydroxylation is 1. The lowest BCUT2D eigenvalue weighted by atomic mass is 9.88. The molecule has 1 N–H and O–H groups in total. The number of carbonyl (C=O) groups is 2. The number of hydrogen-bond donors (Lipinski definition) is 1. The highest BCUT2D eigenvalue weighted by atomic mass is 32.2. The van der Waals surface area contributed by atoms with Crippen LogP contribution < -0.4 is 5.32 Å². The molecule has 0 spiro atoms. The van der Waals surface area contributed by atoms with Crippen molar-refractivity contribution in [2.75, 3.05) is 12.3 Å². The molecule has 0 radical (unpaired) electrons. The molecule has 2 fully saturated rings. The summed E-state index contributed by atoms with van der Waals surface area (Å²) in [5.41, 5.74) is 1.82. The average molecular weight is 375 g/mol. The molecule has 1 aliphatic heterocycles. The summed E-state index contributed by atoms with van der Waals surface area (Å²) in [6, 6.07) is 7.36. The number of hydrogen-bond acceptors (Lipinski definition) is 3. The second-order valence-electron chi connectivity index (χ2n) is 7.51. The Morgan fingerprint density at radius 1 is 1.15 bits per heavy atom. The molecule has 1 heterocycles. The first kappa shape index (κ1) is 19.3. The second kappa shape index (κ2) is 8.94. The van der Waals surface area contributed by atoms with Gasteiger partial charge in [-0.05, 0) is 44.2 Å². The van der Waals surface area contributed by atoms with Gasteiger partial charge in [0.15, 0.2) is 0 Å². The molecule has 1 aromatic carbocycles. The van der Waals surface area contributed by atoms with Gasteiger partial charge >= 0.3 is 0 Å². The van der Waals surface area contributed by atoms with Crippen molar-refractivity contribution in [1.29, 1.82) is 0 Å². The molecule has 0 bridgehead atoms. The highest BCUT2D eigenvalue weighted by Gasteiger charge is 2.44. The number of rotatable bonds is 5. The third-order valence-electron chi connectivity index (χ3n) is 5.47. The Balaban J connectivity index is 1.84. The minimum Gasteiger partial charge on any atom is -0.354 e. The highest BCUT2D eigenvalue weighted by Crippen LogP contribution is 2.41. The number of carbonyl (C=O) groups excluding carboxylic acids is 2. The fourth-order valence-corrected chi connectivity index (χ4v) is 5.62. The van der Waals surface area contributed by atoms with Crippen LogP contribution >= 0.6 is 11.8 Å². The van der Waals surface area contributed by atoms with E-state index in [1.54, 1.807) is 11.8 Å². The van der Waals surface area contributed by atoms with Crippen molar-refractivity contribution in [1.82, 2.24) is 10.2 Å². The fraction of sp³-hybridized carbons (Fsp3) is 0.619. The average Bonchev–Trinajstić information content (AvgIpc) is 3.12. The molecule has 1 saturated heterocycles. The Labute approximate surface area is 161 Å². The lowest BCUT2D eigenvalue weighted by Crippen LogP contribution is -2.51. The van der Waals surface area contributed by atoms with Gasteiger partial charge in [0, 0.05) is 17.9 Å². The zero-order chi connectivity index (χ0) is 18.5. The first-order valence-corrected chi connectivity index (χ1v) is 11.0. The standard InChI is InChI=1S/C21H30N2O2S/c1-3-13-22-19(24)18-14-26-21(17-7-5-4-6-8-17)23(18)20(25)16-11-9-15(2)10-12-16/h9-12,17-18,21H,3-8,13-14H2,1-2H3,(H,22,24)/t18-,21+/m1/s1. The van der Waals surface area contributed by atoms with Crippen LogP contribution in [0, 0.1) is 12.8 Å². The Morgan fingerprint density at radius 3 is 2.50 bits per heavy atom. The molecule has 3 rings (SSSR count). The predicted octanol–water partition coefficient (Wildman–Crippen LogP) is 3.99. The summed E-state index contributed by atoms with van der Waals surface area (Å²) >= 11 is 1.80. The first-order chi connectivity index (χ1) is 12.6. The van der Waals surface area contributed by atoms with Crippen molar-refractivity contribution in [3.63, 3.8) is 0 Å². The van der Waals surface area contributed by atoms with Gasteiger partial charge in [-0.1, -0.05) is 43.9 Å². The summed E-state index contributed by atoms with van der Waals surface area (Å²) in [5, 5.41) is 3.12. The first-order valence-electron chi connectivity index (χ1n) is 9.90. The molecule has 1 saturated carbocycles. The lowest BCUT2D eigenvalue weighted by Gasteiger charge is -2.35. The Bertz CT molecular complexity index is 625. The van der Waals surface area contributed by atoms with Crippen molar-refractivity contribution < 1.29 is 9.59 Å². The summed E-state index contributed by atoms with van der Waals surface area (Å²) in [7, 11) is 0. The number of nitrogens with one attached hydrogen (secondary N) is 1. The Kier molecular flexibility index (Phi) is 6.63. The monoisotopic (exact) mass is 374 g/mol.